The fourth-order valence-electron chi connectivity index (χ4n) is 4.22. The molecule has 0 unspecified atom stereocenters. The first-order chi connectivity index (χ1) is 16.4. The first-order valence-electron chi connectivity index (χ1n) is 12.3. The van der Waals surface area contributed by atoms with E-state index in [4.69, 9.17) is 9.47 Å². The van der Waals surface area contributed by atoms with E-state index in [0.29, 0.717) is 53.7 Å². The minimum atomic E-state index is -0.966. The highest BCUT2D eigenvalue weighted by molar-refractivity contribution is 5.99. The summed E-state index contributed by atoms with van der Waals surface area (Å²) in [7, 11) is 0. The number of ketones is 1. The lowest BCUT2D eigenvalue weighted by Gasteiger charge is -2.14. The third-order valence-electron chi connectivity index (χ3n) is 6.20. The van der Waals surface area contributed by atoms with E-state index in [1.54, 1.807) is 44.2 Å². The monoisotopic (exact) mass is 470 g/mol. The van der Waals surface area contributed by atoms with Crippen molar-refractivity contribution in [3.05, 3.63) is 52.6 Å². The second-order valence-electron chi connectivity index (χ2n) is 8.50. The number of phenolic OH excluding ortho intramolecular Hbond substituents is 1. The van der Waals surface area contributed by atoms with Crippen molar-refractivity contribution >= 4 is 11.8 Å². The van der Waals surface area contributed by atoms with E-state index in [1.165, 1.54) is 12.8 Å². The summed E-state index contributed by atoms with van der Waals surface area (Å²) in [6.45, 7) is 8.40. The summed E-state index contributed by atoms with van der Waals surface area (Å²) < 4.78 is 11.5. The summed E-state index contributed by atoms with van der Waals surface area (Å²) in [6, 6.07) is 8.42. The first kappa shape index (κ1) is 27.2. The Labute approximate surface area is 202 Å². The van der Waals surface area contributed by atoms with Crippen molar-refractivity contribution in [3.8, 4) is 17.2 Å². The number of carboxylic acids is 1. The van der Waals surface area contributed by atoms with Gasteiger partial charge in [-0.2, -0.15) is 0 Å². The molecule has 1 aliphatic rings. The van der Waals surface area contributed by atoms with Gasteiger partial charge in [0.25, 0.3) is 0 Å². The van der Waals surface area contributed by atoms with Gasteiger partial charge >= 0.3 is 5.97 Å². The highest BCUT2D eigenvalue weighted by Gasteiger charge is 2.22. The fourth-order valence-corrected chi connectivity index (χ4v) is 4.22. The van der Waals surface area contributed by atoms with Crippen LogP contribution in [0.15, 0.2) is 30.3 Å². The minimum absolute atomic E-state index is 0.00320. The summed E-state index contributed by atoms with van der Waals surface area (Å²) in [5.74, 6) is 0.642. The molecule has 0 aliphatic heterocycles. The van der Waals surface area contributed by atoms with Crippen LogP contribution in [0.5, 0.6) is 17.2 Å². The highest BCUT2D eigenvalue weighted by Crippen LogP contribution is 2.34. The third-order valence-corrected chi connectivity index (χ3v) is 6.20. The molecule has 0 atom stereocenters. The lowest BCUT2D eigenvalue weighted by Crippen LogP contribution is -2.08. The van der Waals surface area contributed by atoms with E-state index in [9.17, 15) is 19.8 Å². The zero-order valence-corrected chi connectivity index (χ0v) is 20.9. The second-order valence-corrected chi connectivity index (χ2v) is 8.50. The molecule has 1 saturated carbocycles. The Morgan fingerprint density at radius 1 is 0.882 bits per heavy atom. The third kappa shape index (κ3) is 7.24. The van der Waals surface area contributed by atoms with Gasteiger partial charge in [-0.25, -0.2) is 4.79 Å². The molecule has 0 heterocycles. The average Bonchev–Trinajstić information content (AvgIpc) is 3.33. The predicted molar refractivity (Wildman–Crippen MR) is 133 cm³/mol. The Morgan fingerprint density at radius 3 is 2.06 bits per heavy atom. The number of phenols is 1. The zero-order valence-electron chi connectivity index (χ0n) is 20.9. The smallest absolute Gasteiger partial charge is 0.336 e. The maximum absolute atomic E-state index is 12.6. The number of unbranched alkanes of at least 4 members (excludes halogenated alkanes) is 1. The number of carboxylic acid groups (broad SMARTS) is 1. The van der Waals surface area contributed by atoms with E-state index >= 15 is 0 Å². The van der Waals surface area contributed by atoms with Crippen molar-refractivity contribution < 1.29 is 29.3 Å². The van der Waals surface area contributed by atoms with Crippen LogP contribution in [0.1, 0.15) is 90.6 Å². The molecule has 1 aliphatic carbocycles. The molecular weight excluding hydrogens is 432 g/mol. The number of ether oxygens (including phenoxy) is 2. The molecule has 0 spiro atoms. The maximum atomic E-state index is 12.6. The maximum Gasteiger partial charge on any atom is 0.336 e. The van der Waals surface area contributed by atoms with Crippen molar-refractivity contribution in [1.82, 2.24) is 0 Å². The second kappa shape index (κ2) is 13.6. The summed E-state index contributed by atoms with van der Waals surface area (Å²) in [5, 5.41) is 19.7. The number of hydrogen-bond donors (Lipinski definition) is 2. The molecule has 0 amide bonds. The predicted octanol–water partition coefficient (Wildman–Crippen LogP) is 6.73. The summed E-state index contributed by atoms with van der Waals surface area (Å²) in [5.41, 5.74) is 1.82. The van der Waals surface area contributed by atoms with Gasteiger partial charge in [0, 0.05) is 17.5 Å². The number of aromatic carboxylic acids is 1. The van der Waals surface area contributed by atoms with Crippen LogP contribution in [0.2, 0.25) is 0 Å². The van der Waals surface area contributed by atoms with Crippen molar-refractivity contribution in [1.29, 1.82) is 0 Å². The van der Waals surface area contributed by atoms with E-state index in [-0.39, 0.29) is 17.1 Å². The Kier molecular flexibility index (Phi) is 10.9. The van der Waals surface area contributed by atoms with Gasteiger partial charge in [-0.05, 0) is 56.9 Å². The van der Waals surface area contributed by atoms with Crippen LogP contribution in [0.3, 0.4) is 0 Å². The summed E-state index contributed by atoms with van der Waals surface area (Å²) >= 11 is 0. The summed E-state index contributed by atoms with van der Waals surface area (Å²) in [6.07, 6.45) is 6.55. The lowest BCUT2D eigenvalue weighted by molar-refractivity contribution is 0.0695. The lowest BCUT2D eigenvalue weighted by atomic mass is 9.95. The van der Waals surface area contributed by atoms with Crippen LogP contribution in [0.4, 0.5) is 0 Å². The topological polar surface area (TPSA) is 93.1 Å². The quantitative estimate of drug-likeness (QED) is 0.279. The van der Waals surface area contributed by atoms with Crippen LogP contribution in [0.25, 0.3) is 0 Å². The Morgan fingerprint density at radius 2 is 1.47 bits per heavy atom. The Hall–Kier alpha value is -3.02. The van der Waals surface area contributed by atoms with E-state index in [2.05, 4.69) is 0 Å². The van der Waals surface area contributed by atoms with Crippen molar-refractivity contribution in [2.75, 3.05) is 13.2 Å². The molecule has 2 aromatic carbocycles. The molecule has 0 bridgehead atoms. The molecule has 6 heteroatoms. The number of rotatable bonds is 11. The standard InChI is InChI=1S/C26H32O6.C2H6/c1-17-20(26(29)30)10-7-11-23(17)31-14-5-6-15-32-24-13-12-21(25(28)18(24)2)22(27)16-19-8-3-4-9-19;1-2/h7,10-13,19,28H,3-6,8-9,14-16H2,1-2H3,(H,29,30);1-2H3. The van der Waals surface area contributed by atoms with Gasteiger partial charge in [0.15, 0.2) is 5.78 Å². The zero-order chi connectivity index (χ0) is 25.1. The van der Waals surface area contributed by atoms with Crippen molar-refractivity contribution in [3.63, 3.8) is 0 Å². The molecule has 3 rings (SSSR count). The largest absolute Gasteiger partial charge is 0.507 e. The minimum Gasteiger partial charge on any atom is -0.507 e. The van der Waals surface area contributed by atoms with Crippen LogP contribution < -0.4 is 9.47 Å². The van der Waals surface area contributed by atoms with Crippen LogP contribution in [-0.2, 0) is 0 Å². The highest BCUT2D eigenvalue weighted by atomic mass is 16.5. The normalized spacial score (nSPS) is 13.2. The summed E-state index contributed by atoms with van der Waals surface area (Å²) in [4.78, 5) is 23.8. The average molecular weight is 471 g/mol. The van der Waals surface area contributed by atoms with Crippen LogP contribution in [0, 0.1) is 19.8 Å². The molecule has 2 aromatic rings. The number of aromatic hydroxyl groups is 1. The molecule has 186 valence electrons. The van der Waals surface area contributed by atoms with Gasteiger partial charge in [0.2, 0.25) is 0 Å². The fraction of sp³-hybridized carbons (Fsp3) is 0.500. The van der Waals surface area contributed by atoms with Crippen molar-refractivity contribution in [2.24, 2.45) is 5.92 Å². The van der Waals surface area contributed by atoms with Gasteiger partial charge < -0.3 is 19.7 Å². The van der Waals surface area contributed by atoms with E-state index < -0.39 is 5.97 Å². The van der Waals surface area contributed by atoms with E-state index in [1.807, 2.05) is 13.8 Å². The van der Waals surface area contributed by atoms with E-state index in [0.717, 1.165) is 25.7 Å². The Balaban J connectivity index is 0.00000199. The van der Waals surface area contributed by atoms with Gasteiger partial charge in [-0.3, -0.25) is 4.79 Å². The Bertz CT molecular complexity index is 960. The van der Waals surface area contributed by atoms with Gasteiger partial charge in [-0.1, -0.05) is 45.6 Å². The molecule has 2 N–H and O–H groups in total. The number of Topliss-reactive ketones (excluding diaryl/α,β-unsaturated/α-hetero) is 1. The molecule has 34 heavy (non-hydrogen) atoms. The SMILES string of the molecule is CC.Cc1c(OCCCCOc2ccc(C(=O)CC3CCCC3)c(O)c2C)cccc1C(=O)O. The first-order valence-corrected chi connectivity index (χ1v) is 12.3. The number of carbonyl (C=O) groups excluding carboxylic acids is 1. The molecule has 6 nitrogen and oxygen atoms in total. The molecule has 1 fully saturated rings. The molecule has 0 radical (unpaired) electrons. The van der Waals surface area contributed by atoms with Crippen molar-refractivity contribution in [2.45, 2.75) is 72.6 Å². The van der Waals surface area contributed by atoms with Gasteiger partial charge in [-0.15, -0.1) is 0 Å². The van der Waals surface area contributed by atoms with Crippen LogP contribution in [-0.4, -0.2) is 35.2 Å². The molecular formula is C28H38O6. The number of hydrogen-bond acceptors (Lipinski definition) is 5. The number of carbonyl (C=O) groups is 2. The van der Waals surface area contributed by atoms with Gasteiger partial charge in [0.05, 0.1) is 24.3 Å². The van der Waals surface area contributed by atoms with Crippen LogP contribution >= 0.6 is 0 Å². The van der Waals surface area contributed by atoms with Gasteiger partial charge in [0.1, 0.15) is 17.2 Å². The molecule has 0 saturated heterocycles. The number of benzene rings is 2. The molecule has 0 aromatic heterocycles.